The summed E-state index contributed by atoms with van der Waals surface area (Å²) in [4.78, 5) is 57.6. The molecule has 0 N–H and O–H groups in total. The summed E-state index contributed by atoms with van der Waals surface area (Å²) < 4.78 is 5.54. The minimum absolute atomic E-state index is 0.0626. The molecule has 0 aliphatic carbocycles. The van der Waals surface area contributed by atoms with Gasteiger partial charge in [-0.3, -0.25) is 19.2 Å². The lowest BCUT2D eigenvalue weighted by Gasteiger charge is -2.39. The Labute approximate surface area is 300 Å². The number of hydrogen-bond donors (Lipinski definition) is 0. The lowest BCUT2D eigenvalue weighted by molar-refractivity contribution is -0.156. The fourth-order valence-electron chi connectivity index (χ4n) is 7.51. The molecule has 3 heterocycles. The summed E-state index contributed by atoms with van der Waals surface area (Å²) in [6, 6.07) is 0.0389. The molecule has 9 nitrogen and oxygen atoms in total. The molecule has 3 rings (SSSR count). The summed E-state index contributed by atoms with van der Waals surface area (Å²) in [6.07, 6.45) is 22.9. The predicted molar refractivity (Wildman–Crippen MR) is 199 cm³/mol. The molecule has 3 saturated heterocycles. The minimum atomic E-state index is -0.694. The smallest absolute Gasteiger partial charge is 0.311 e. The normalized spacial score (nSPS) is 18.5. The van der Waals surface area contributed by atoms with Gasteiger partial charge in [0.1, 0.15) is 6.61 Å². The molecule has 0 saturated carbocycles. The minimum Gasteiger partial charge on any atom is -0.464 e. The summed E-state index contributed by atoms with van der Waals surface area (Å²) >= 11 is 0. The fourth-order valence-corrected chi connectivity index (χ4v) is 7.51. The van der Waals surface area contributed by atoms with Crippen LogP contribution in [0.2, 0.25) is 0 Å². The summed E-state index contributed by atoms with van der Waals surface area (Å²) in [5, 5.41) is 0. The monoisotopic (exact) mass is 691 g/mol. The average molecular weight is 691 g/mol. The Balaban J connectivity index is 0.000000393. The van der Waals surface area contributed by atoms with Crippen molar-refractivity contribution in [3.63, 3.8) is 0 Å². The van der Waals surface area contributed by atoms with Crippen LogP contribution in [0.25, 0.3) is 0 Å². The highest BCUT2D eigenvalue weighted by Crippen LogP contribution is 2.32. The molecule has 3 amide bonds. The fraction of sp³-hybridized carbons (Fsp3) is 0.900. The van der Waals surface area contributed by atoms with Crippen molar-refractivity contribution < 1.29 is 23.9 Å². The van der Waals surface area contributed by atoms with E-state index >= 15 is 0 Å². The van der Waals surface area contributed by atoms with Crippen molar-refractivity contribution in [3.05, 3.63) is 0 Å². The van der Waals surface area contributed by atoms with Crippen molar-refractivity contribution >= 4 is 23.7 Å². The Bertz CT molecular complexity index is 970. The zero-order valence-electron chi connectivity index (χ0n) is 32.6. The van der Waals surface area contributed by atoms with Gasteiger partial charge in [0.2, 0.25) is 17.7 Å². The van der Waals surface area contributed by atoms with Crippen LogP contribution in [0.3, 0.4) is 0 Å². The number of likely N-dealkylation sites (N-methyl/N-ethyl adjacent to an activating group) is 1. The maximum Gasteiger partial charge on any atom is 0.311 e. The van der Waals surface area contributed by atoms with Crippen molar-refractivity contribution in [1.82, 2.24) is 19.6 Å². The van der Waals surface area contributed by atoms with Gasteiger partial charge in [-0.15, -0.1) is 0 Å². The van der Waals surface area contributed by atoms with Gasteiger partial charge < -0.3 is 24.3 Å². The second-order valence-corrected chi connectivity index (χ2v) is 15.7. The number of amides is 3. The second kappa shape index (κ2) is 24.1. The number of carbonyl (C=O) groups is 4. The number of rotatable bonds is 22. The molecule has 2 unspecified atom stereocenters. The predicted octanol–water partition coefficient (Wildman–Crippen LogP) is 7.60. The standard InChI is InChI=1S/C24H43N3O4.C16H31NO/c1-6-19(26-13-9-7-8-11-21(26)28)17-20(27-14-10-12-22(27)29)18-24(2,3)23(30)31-16-15-25(4)5;1-2-3-4-5-6-7-8-9-10-11-14-17-15-12-13-16(17)18/h19-20H,6-18H2,1-5H3;2-15H2,1H3. The molecule has 0 spiro atoms. The van der Waals surface area contributed by atoms with Crippen LogP contribution >= 0.6 is 0 Å². The Morgan fingerprint density at radius 1 is 0.714 bits per heavy atom. The molecule has 49 heavy (non-hydrogen) atoms. The Kier molecular flexibility index (Phi) is 21.2. The van der Waals surface area contributed by atoms with Crippen molar-refractivity contribution in [1.29, 1.82) is 0 Å². The van der Waals surface area contributed by atoms with Crippen LogP contribution in [0.1, 0.15) is 163 Å². The van der Waals surface area contributed by atoms with Crippen LogP contribution in [-0.2, 0) is 23.9 Å². The summed E-state index contributed by atoms with van der Waals surface area (Å²) in [7, 11) is 3.89. The highest BCUT2D eigenvalue weighted by molar-refractivity contribution is 5.79. The summed E-state index contributed by atoms with van der Waals surface area (Å²) in [5.74, 6) is 0.563. The maximum absolute atomic E-state index is 12.8. The van der Waals surface area contributed by atoms with Crippen molar-refractivity contribution in [3.8, 4) is 0 Å². The number of hydrogen-bond acceptors (Lipinski definition) is 6. The van der Waals surface area contributed by atoms with E-state index in [9.17, 15) is 19.2 Å². The van der Waals surface area contributed by atoms with Gasteiger partial charge in [-0.25, -0.2) is 0 Å². The number of likely N-dealkylation sites (tertiary alicyclic amines) is 3. The number of unbranched alkanes of at least 4 members (excludes halogenated alkanes) is 9. The molecule has 284 valence electrons. The molecule has 0 aromatic carbocycles. The molecule has 3 fully saturated rings. The molecule has 0 aromatic heterocycles. The lowest BCUT2D eigenvalue weighted by Crippen LogP contribution is -2.48. The van der Waals surface area contributed by atoms with E-state index < -0.39 is 5.41 Å². The van der Waals surface area contributed by atoms with Crippen molar-refractivity contribution in [2.45, 2.75) is 175 Å². The van der Waals surface area contributed by atoms with E-state index in [4.69, 9.17) is 4.74 Å². The van der Waals surface area contributed by atoms with Gasteiger partial charge in [-0.05, 0) is 79.3 Å². The average Bonchev–Trinajstić information content (AvgIpc) is 3.62. The third kappa shape index (κ3) is 16.6. The van der Waals surface area contributed by atoms with E-state index in [0.29, 0.717) is 38.3 Å². The molecule has 2 atom stereocenters. The zero-order valence-corrected chi connectivity index (χ0v) is 32.6. The zero-order chi connectivity index (χ0) is 36.1. The number of carbonyl (C=O) groups excluding carboxylic acids is 4. The van der Waals surface area contributed by atoms with Gasteiger partial charge in [0, 0.05) is 64.1 Å². The van der Waals surface area contributed by atoms with E-state index in [1.807, 2.05) is 47.5 Å². The van der Waals surface area contributed by atoms with Crippen LogP contribution in [0.4, 0.5) is 0 Å². The Morgan fingerprint density at radius 3 is 1.84 bits per heavy atom. The number of nitrogens with zero attached hydrogens (tertiary/aromatic N) is 4. The molecule has 3 aliphatic rings. The van der Waals surface area contributed by atoms with Gasteiger partial charge in [0.05, 0.1) is 5.41 Å². The first-order chi connectivity index (χ1) is 23.5. The molecular weight excluding hydrogens is 616 g/mol. The van der Waals surface area contributed by atoms with Gasteiger partial charge in [-0.2, -0.15) is 0 Å². The topological polar surface area (TPSA) is 90.5 Å². The van der Waals surface area contributed by atoms with Gasteiger partial charge >= 0.3 is 5.97 Å². The number of esters is 1. The Morgan fingerprint density at radius 2 is 1.27 bits per heavy atom. The third-order valence-electron chi connectivity index (χ3n) is 10.6. The van der Waals surface area contributed by atoms with E-state index in [1.54, 1.807) is 0 Å². The summed E-state index contributed by atoms with van der Waals surface area (Å²) in [6.45, 7) is 12.8. The van der Waals surface area contributed by atoms with Gasteiger partial charge in [0.25, 0.3) is 0 Å². The highest BCUT2D eigenvalue weighted by Gasteiger charge is 2.39. The van der Waals surface area contributed by atoms with Crippen LogP contribution in [0.5, 0.6) is 0 Å². The molecular formula is C40H74N4O5. The van der Waals surface area contributed by atoms with Crippen molar-refractivity contribution in [2.75, 3.05) is 53.4 Å². The molecule has 9 heteroatoms. The summed E-state index contributed by atoms with van der Waals surface area (Å²) in [5.41, 5.74) is -0.694. The van der Waals surface area contributed by atoms with E-state index in [0.717, 1.165) is 77.5 Å². The van der Waals surface area contributed by atoms with Crippen molar-refractivity contribution in [2.24, 2.45) is 5.41 Å². The first kappa shape index (κ1) is 43.0. The van der Waals surface area contributed by atoms with Crippen LogP contribution < -0.4 is 0 Å². The SMILES string of the molecule is CCC(CC(CC(C)(C)C(=O)OCCN(C)C)N1CCCC1=O)N1CCCCCC1=O.CCCCCCCCCCCCN1CCCC1=O. The van der Waals surface area contributed by atoms with Crippen LogP contribution in [0, 0.1) is 5.41 Å². The molecule has 0 radical (unpaired) electrons. The largest absolute Gasteiger partial charge is 0.464 e. The quantitative estimate of drug-likeness (QED) is 0.0859. The molecule has 0 aromatic rings. The van der Waals surface area contributed by atoms with E-state index in [2.05, 4.69) is 13.8 Å². The molecule has 0 bridgehead atoms. The van der Waals surface area contributed by atoms with E-state index in [-0.39, 0.29) is 29.9 Å². The van der Waals surface area contributed by atoms with Crippen LogP contribution in [-0.4, -0.2) is 109 Å². The Hall–Kier alpha value is -2.16. The highest BCUT2D eigenvalue weighted by atomic mass is 16.5. The first-order valence-corrected chi connectivity index (χ1v) is 20.2. The van der Waals surface area contributed by atoms with Gasteiger partial charge in [-0.1, -0.05) is 78.1 Å². The third-order valence-corrected chi connectivity index (χ3v) is 10.6. The number of ether oxygens (including phenoxy) is 1. The van der Waals surface area contributed by atoms with Crippen LogP contribution in [0.15, 0.2) is 0 Å². The first-order valence-electron chi connectivity index (χ1n) is 20.2. The molecule has 3 aliphatic heterocycles. The maximum atomic E-state index is 12.8. The van der Waals surface area contributed by atoms with E-state index in [1.165, 1.54) is 64.2 Å². The lowest BCUT2D eigenvalue weighted by atomic mass is 9.82. The van der Waals surface area contributed by atoms with Gasteiger partial charge in [0.15, 0.2) is 0 Å². The second-order valence-electron chi connectivity index (χ2n) is 15.7.